The van der Waals surface area contributed by atoms with Crippen molar-refractivity contribution in [3.8, 4) is 0 Å². The van der Waals surface area contributed by atoms with Gasteiger partial charge in [-0.2, -0.15) is 0 Å². The van der Waals surface area contributed by atoms with E-state index in [9.17, 15) is 9.90 Å². The van der Waals surface area contributed by atoms with Gasteiger partial charge in [-0.3, -0.25) is 0 Å². The van der Waals surface area contributed by atoms with Gasteiger partial charge in [0.1, 0.15) is 0 Å². The average Bonchev–Trinajstić information content (AvgIpc) is 2.27. The van der Waals surface area contributed by atoms with Crippen molar-refractivity contribution in [3.05, 3.63) is 35.4 Å². The first-order chi connectivity index (χ1) is 7.83. The predicted molar refractivity (Wildman–Crippen MR) is 65.9 cm³/mol. The maximum atomic E-state index is 10.7. The summed E-state index contributed by atoms with van der Waals surface area (Å²) in [4.78, 5) is 10.7. The lowest BCUT2D eigenvalue weighted by atomic mass is 10.0. The van der Waals surface area contributed by atoms with E-state index in [4.69, 9.17) is 5.11 Å². The van der Waals surface area contributed by atoms with E-state index in [1.807, 2.05) is 38.1 Å². The molecule has 0 saturated heterocycles. The van der Waals surface area contributed by atoms with Crippen LogP contribution in [0.25, 0.3) is 0 Å². The number of aliphatic carboxylic acids is 1. The molecule has 0 heterocycles. The van der Waals surface area contributed by atoms with Gasteiger partial charge < -0.3 is 15.5 Å². The van der Waals surface area contributed by atoms with Crippen molar-refractivity contribution in [2.45, 2.75) is 32.4 Å². The molecule has 17 heavy (non-hydrogen) atoms. The number of carbonyl (C=O) groups is 1. The van der Waals surface area contributed by atoms with Crippen molar-refractivity contribution in [3.63, 3.8) is 0 Å². The summed E-state index contributed by atoms with van der Waals surface area (Å²) in [6.07, 6.45) is 0. The van der Waals surface area contributed by atoms with Crippen LogP contribution in [0, 0.1) is 6.92 Å². The van der Waals surface area contributed by atoms with Gasteiger partial charge in [0.2, 0.25) is 0 Å². The van der Waals surface area contributed by atoms with Crippen LogP contribution in [0.3, 0.4) is 0 Å². The molecule has 0 bridgehead atoms. The second kappa shape index (κ2) is 5.29. The minimum atomic E-state index is -1.74. The number of hydrogen-bond donors (Lipinski definition) is 3. The lowest BCUT2D eigenvalue weighted by Gasteiger charge is -2.22. The maximum Gasteiger partial charge on any atom is 0.336 e. The van der Waals surface area contributed by atoms with Gasteiger partial charge in [0.25, 0.3) is 0 Å². The topological polar surface area (TPSA) is 69.6 Å². The Morgan fingerprint density at radius 3 is 2.41 bits per heavy atom. The van der Waals surface area contributed by atoms with Crippen molar-refractivity contribution in [2.24, 2.45) is 0 Å². The Labute approximate surface area is 101 Å². The van der Waals surface area contributed by atoms with Crippen LogP contribution in [-0.2, 0) is 4.79 Å². The van der Waals surface area contributed by atoms with Crippen LogP contribution < -0.4 is 5.32 Å². The first-order valence-corrected chi connectivity index (χ1v) is 5.58. The van der Waals surface area contributed by atoms with E-state index in [1.54, 1.807) is 0 Å². The quantitative estimate of drug-likeness (QED) is 0.725. The highest BCUT2D eigenvalue weighted by molar-refractivity contribution is 5.76. The molecule has 4 nitrogen and oxygen atoms in total. The molecule has 0 aliphatic heterocycles. The van der Waals surface area contributed by atoms with Crippen LogP contribution in [0.2, 0.25) is 0 Å². The Morgan fingerprint density at radius 1 is 1.41 bits per heavy atom. The summed E-state index contributed by atoms with van der Waals surface area (Å²) >= 11 is 0. The Balaban J connectivity index is 2.58. The Morgan fingerprint density at radius 2 is 1.94 bits per heavy atom. The molecule has 0 aromatic heterocycles. The molecule has 0 fully saturated rings. The Kier molecular flexibility index (Phi) is 4.26. The fraction of sp³-hybridized carbons (Fsp3) is 0.462. The van der Waals surface area contributed by atoms with Crippen molar-refractivity contribution < 1.29 is 15.0 Å². The van der Waals surface area contributed by atoms with E-state index < -0.39 is 11.6 Å². The number of aryl methyl sites for hydroxylation is 1. The van der Waals surface area contributed by atoms with Gasteiger partial charge >= 0.3 is 5.97 Å². The fourth-order valence-corrected chi connectivity index (χ4v) is 1.40. The molecule has 0 amide bonds. The predicted octanol–water partition coefficient (Wildman–Crippen LogP) is 1.48. The van der Waals surface area contributed by atoms with Crippen molar-refractivity contribution in [1.29, 1.82) is 0 Å². The molecule has 2 atom stereocenters. The molecule has 0 spiro atoms. The molecule has 94 valence electrons. The van der Waals surface area contributed by atoms with E-state index in [2.05, 4.69) is 5.32 Å². The summed E-state index contributed by atoms with van der Waals surface area (Å²) in [5.74, 6) is -1.22. The van der Waals surface area contributed by atoms with Gasteiger partial charge in [-0.15, -0.1) is 0 Å². The molecular formula is C13H19NO3. The molecule has 1 aromatic carbocycles. The highest BCUT2D eigenvalue weighted by Gasteiger charge is 2.29. The van der Waals surface area contributed by atoms with Crippen LogP contribution in [0.1, 0.15) is 31.0 Å². The molecule has 0 radical (unpaired) electrons. The second-order valence-electron chi connectivity index (χ2n) is 4.59. The SMILES string of the molecule is Cc1ccc([C@H](C)NCC(C)(O)C(=O)O)cc1. The smallest absolute Gasteiger partial charge is 0.336 e. The van der Waals surface area contributed by atoms with Gasteiger partial charge in [-0.1, -0.05) is 29.8 Å². The average molecular weight is 237 g/mol. The van der Waals surface area contributed by atoms with Crippen LogP contribution in [0.15, 0.2) is 24.3 Å². The van der Waals surface area contributed by atoms with Gasteiger partial charge in [-0.25, -0.2) is 4.79 Å². The number of benzene rings is 1. The van der Waals surface area contributed by atoms with Crippen molar-refractivity contribution in [1.82, 2.24) is 5.32 Å². The number of nitrogens with one attached hydrogen (secondary N) is 1. The number of hydrogen-bond acceptors (Lipinski definition) is 3. The van der Waals surface area contributed by atoms with E-state index in [0.717, 1.165) is 5.56 Å². The lowest BCUT2D eigenvalue weighted by Crippen LogP contribution is -2.45. The molecule has 1 aromatic rings. The van der Waals surface area contributed by atoms with Crippen LogP contribution >= 0.6 is 0 Å². The highest BCUT2D eigenvalue weighted by atomic mass is 16.4. The lowest BCUT2D eigenvalue weighted by molar-refractivity contribution is -0.156. The third kappa shape index (κ3) is 3.84. The van der Waals surface area contributed by atoms with Crippen LogP contribution in [0.5, 0.6) is 0 Å². The van der Waals surface area contributed by atoms with Gasteiger partial charge in [0.05, 0.1) is 0 Å². The summed E-state index contributed by atoms with van der Waals surface area (Å²) in [5, 5.41) is 21.3. The Bertz CT molecular complexity index is 384. The molecule has 0 saturated carbocycles. The second-order valence-corrected chi connectivity index (χ2v) is 4.59. The van der Waals surface area contributed by atoms with E-state index in [0.29, 0.717) is 0 Å². The van der Waals surface area contributed by atoms with Gasteiger partial charge in [-0.05, 0) is 26.3 Å². The largest absolute Gasteiger partial charge is 0.479 e. The molecule has 1 rings (SSSR count). The summed E-state index contributed by atoms with van der Waals surface area (Å²) in [6.45, 7) is 5.24. The van der Waals surface area contributed by atoms with E-state index in [1.165, 1.54) is 12.5 Å². The number of aliphatic hydroxyl groups is 1. The normalized spacial score (nSPS) is 16.2. The fourth-order valence-electron chi connectivity index (χ4n) is 1.40. The third-order valence-electron chi connectivity index (χ3n) is 2.79. The summed E-state index contributed by atoms with van der Waals surface area (Å²) in [7, 11) is 0. The number of carboxylic acid groups (broad SMARTS) is 1. The molecule has 3 N–H and O–H groups in total. The molecule has 0 aliphatic rings. The number of rotatable bonds is 5. The maximum absolute atomic E-state index is 10.7. The van der Waals surface area contributed by atoms with E-state index in [-0.39, 0.29) is 12.6 Å². The highest BCUT2D eigenvalue weighted by Crippen LogP contribution is 2.14. The van der Waals surface area contributed by atoms with E-state index >= 15 is 0 Å². The van der Waals surface area contributed by atoms with Gasteiger partial charge in [0, 0.05) is 12.6 Å². The monoisotopic (exact) mass is 237 g/mol. The zero-order chi connectivity index (χ0) is 13.1. The minimum absolute atomic E-state index is 0.00132. The summed E-state index contributed by atoms with van der Waals surface area (Å²) in [6, 6.07) is 7.98. The molecule has 0 aliphatic carbocycles. The van der Waals surface area contributed by atoms with Crippen molar-refractivity contribution in [2.75, 3.05) is 6.54 Å². The first kappa shape index (κ1) is 13.7. The molecule has 4 heteroatoms. The minimum Gasteiger partial charge on any atom is -0.479 e. The number of carboxylic acids is 1. The van der Waals surface area contributed by atoms with Crippen molar-refractivity contribution >= 4 is 5.97 Å². The standard InChI is InChI=1S/C13H19NO3/c1-9-4-6-11(7-5-9)10(2)14-8-13(3,17)12(15)16/h4-7,10,14,17H,8H2,1-3H3,(H,15,16)/t10-,13?/m0/s1. The van der Waals surface area contributed by atoms with Gasteiger partial charge in [0.15, 0.2) is 5.60 Å². The zero-order valence-corrected chi connectivity index (χ0v) is 10.4. The summed E-state index contributed by atoms with van der Waals surface area (Å²) < 4.78 is 0. The Hall–Kier alpha value is -1.39. The molecule has 1 unspecified atom stereocenters. The zero-order valence-electron chi connectivity index (χ0n) is 10.4. The van der Waals surface area contributed by atoms with Crippen LogP contribution in [0.4, 0.5) is 0 Å². The third-order valence-corrected chi connectivity index (χ3v) is 2.79. The first-order valence-electron chi connectivity index (χ1n) is 5.58. The van der Waals surface area contributed by atoms with Crippen LogP contribution in [-0.4, -0.2) is 28.3 Å². The molecular weight excluding hydrogens is 218 g/mol. The summed E-state index contributed by atoms with van der Waals surface area (Å²) in [5.41, 5.74) is 0.508.